The largest absolute Gasteiger partial charge is 0.359 e. The van der Waals surface area contributed by atoms with E-state index in [1.165, 1.54) is 0 Å². The Morgan fingerprint density at radius 1 is 1.58 bits per heavy atom. The van der Waals surface area contributed by atoms with Crippen LogP contribution in [0.25, 0.3) is 0 Å². The van der Waals surface area contributed by atoms with Crippen molar-refractivity contribution < 1.29 is 9.53 Å². The van der Waals surface area contributed by atoms with E-state index in [1.54, 1.807) is 0 Å². The third-order valence-corrected chi connectivity index (χ3v) is 1.97. The Morgan fingerprint density at radius 2 is 2.42 bits per heavy atom. The normalized spacial score (nSPS) is 23.6. The lowest BCUT2D eigenvalue weighted by Gasteiger charge is -2.23. The fraction of sp³-hybridized carbons (Fsp3) is 0.857. The zero-order chi connectivity index (χ0) is 8.81. The molecule has 1 rings (SSSR count). The van der Waals surface area contributed by atoms with Crippen molar-refractivity contribution in [1.82, 2.24) is 10.4 Å². The van der Waals surface area contributed by atoms with E-state index in [9.17, 15) is 4.79 Å². The molecule has 2 unspecified atom stereocenters. The maximum absolute atomic E-state index is 11.0. The molecule has 1 fully saturated rings. The predicted octanol–water partition coefficient (Wildman–Crippen LogP) is 0.00890. The Balaban J connectivity index is 2.15. The molecule has 1 saturated heterocycles. The van der Waals surface area contributed by atoms with Crippen LogP contribution >= 0.6 is 9.39 Å². The average Bonchev–Trinajstić information content (AvgIpc) is 2.06. The first-order chi connectivity index (χ1) is 5.83. The number of carbonyl (C=O) groups is 1. The second kappa shape index (κ2) is 5.46. The lowest BCUT2D eigenvalue weighted by atomic mass is 10.2. The lowest BCUT2D eigenvalue weighted by molar-refractivity contribution is -0.125. The fourth-order valence-corrected chi connectivity index (χ4v) is 1.36. The molecule has 0 aromatic heterocycles. The van der Waals surface area contributed by atoms with Crippen LogP contribution in [0.15, 0.2) is 0 Å². The minimum Gasteiger partial charge on any atom is -0.359 e. The van der Waals surface area contributed by atoms with E-state index in [1.807, 2.05) is 0 Å². The van der Waals surface area contributed by atoms with Crippen molar-refractivity contribution in [2.45, 2.75) is 25.5 Å². The molecule has 1 amide bonds. The SMILES string of the molecule is O=C(CNP)NC1CCCCO1. The molecule has 0 aromatic carbocycles. The van der Waals surface area contributed by atoms with E-state index >= 15 is 0 Å². The van der Waals surface area contributed by atoms with E-state index in [2.05, 4.69) is 19.8 Å². The summed E-state index contributed by atoms with van der Waals surface area (Å²) in [5, 5.41) is 5.49. The van der Waals surface area contributed by atoms with Gasteiger partial charge in [0.2, 0.25) is 5.91 Å². The van der Waals surface area contributed by atoms with Gasteiger partial charge in [0.15, 0.2) is 0 Å². The van der Waals surface area contributed by atoms with Gasteiger partial charge in [0, 0.05) is 6.61 Å². The molecule has 2 N–H and O–H groups in total. The summed E-state index contributed by atoms with van der Waals surface area (Å²) in [5.74, 6) is -0.0168. The highest BCUT2D eigenvalue weighted by atomic mass is 31.0. The van der Waals surface area contributed by atoms with E-state index in [-0.39, 0.29) is 12.1 Å². The van der Waals surface area contributed by atoms with E-state index in [4.69, 9.17) is 4.74 Å². The molecule has 0 aromatic rings. The van der Waals surface area contributed by atoms with Gasteiger partial charge in [-0.25, -0.2) is 0 Å². The Morgan fingerprint density at radius 3 is 3.00 bits per heavy atom. The first-order valence-electron chi connectivity index (χ1n) is 4.17. The highest BCUT2D eigenvalue weighted by Gasteiger charge is 2.14. The van der Waals surface area contributed by atoms with Crippen LogP contribution in [0, 0.1) is 0 Å². The van der Waals surface area contributed by atoms with Gasteiger partial charge in [-0.3, -0.25) is 9.88 Å². The van der Waals surface area contributed by atoms with Gasteiger partial charge < -0.3 is 10.1 Å². The van der Waals surface area contributed by atoms with Crippen LogP contribution in [0.2, 0.25) is 0 Å². The third-order valence-electron chi connectivity index (χ3n) is 1.76. The molecule has 1 aliphatic rings. The van der Waals surface area contributed by atoms with Crippen LogP contribution in [-0.4, -0.2) is 25.3 Å². The summed E-state index contributed by atoms with van der Waals surface area (Å²) in [6.07, 6.45) is 3.11. The molecule has 0 radical (unpaired) electrons. The summed E-state index contributed by atoms with van der Waals surface area (Å²) in [7, 11) is 2.29. The second-order valence-electron chi connectivity index (χ2n) is 2.80. The fourth-order valence-electron chi connectivity index (χ4n) is 1.18. The second-order valence-corrected chi connectivity index (χ2v) is 3.21. The molecular weight excluding hydrogens is 175 g/mol. The van der Waals surface area contributed by atoms with Crippen LogP contribution in [0.5, 0.6) is 0 Å². The molecule has 70 valence electrons. The number of hydrogen-bond donors (Lipinski definition) is 2. The summed E-state index contributed by atoms with van der Waals surface area (Å²) >= 11 is 0. The number of hydrogen-bond acceptors (Lipinski definition) is 3. The van der Waals surface area contributed by atoms with Gasteiger partial charge in [0.05, 0.1) is 6.54 Å². The first kappa shape index (κ1) is 9.90. The molecule has 1 heterocycles. The van der Waals surface area contributed by atoms with Crippen molar-refractivity contribution >= 4 is 15.3 Å². The van der Waals surface area contributed by atoms with Crippen LogP contribution in [0.4, 0.5) is 0 Å². The Bertz CT molecular complexity index is 148. The highest BCUT2D eigenvalue weighted by molar-refractivity contribution is 7.13. The number of ether oxygens (including phenoxy) is 1. The highest BCUT2D eigenvalue weighted by Crippen LogP contribution is 2.09. The summed E-state index contributed by atoms with van der Waals surface area (Å²) in [4.78, 5) is 11.0. The van der Waals surface area contributed by atoms with Crippen LogP contribution in [0.1, 0.15) is 19.3 Å². The Labute approximate surface area is 74.7 Å². The minimum atomic E-state index is -0.0652. The summed E-state index contributed by atoms with van der Waals surface area (Å²) in [6, 6.07) is 0. The number of nitrogens with one attached hydrogen (secondary N) is 2. The van der Waals surface area contributed by atoms with Gasteiger partial charge in [-0.15, -0.1) is 0 Å². The molecule has 0 spiro atoms. The van der Waals surface area contributed by atoms with Crippen molar-refractivity contribution in [3.63, 3.8) is 0 Å². The van der Waals surface area contributed by atoms with Gasteiger partial charge in [-0.1, -0.05) is 9.39 Å². The Hall–Kier alpha value is -0.180. The smallest absolute Gasteiger partial charge is 0.236 e. The summed E-state index contributed by atoms with van der Waals surface area (Å²) in [6.45, 7) is 1.09. The van der Waals surface area contributed by atoms with Crippen molar-refractivity contribution in [3.05, 3.63) is 0 Å². The quantitative estimate of drug-likeness (QED) is 0.616. The average molecular weight is 190 g/mol. The molecular formula is C7H15N2O2P. The van der Waals surface area contributed by atoms with E-state index < -0.39 is 0 Å². The summed E-state index contributed by atoms with van der Waals surface area (Å²) in [5.41, 5.74) is 0. The zero-order valence-electron chi connectivity index (χ0n) is 7.01. The standard InChI is InChI=1S/C7H15N2O2P/c10-6(5-8-12)9-7-3-1-2-4-11-7/h7-8H,1-5,12H2,(H,9,10). The topological polar surface area (TPSA) is 50.4 Å². The van der Waals surface area contributed by atoms with E-state index in [0.29, 0.717) is 6.54 Å². The lowest BCUT2D eigenvalue weighted by Crippen LogP contribution is -2.41. The first-order valence-corrected chi connectivity index (χ1v) is 4.75. The molecule has 0 saturated carbocycles. The molecule has 0 bridgehead atoms. The minimum absolute atomic E-state index is 0.0168. The van der Waals surface area contributed by atoms with Gasteiger partial charge >= 0.3 is 0 Å². The maximum atomic E-state index is 11.0. The number of carbonyl (C=O) groups excluding carboxylic acids is 1. The number of amides is 1. The van der Waals surface area contributed by atoms with Gasteiger partial charge in [-0.2, -0.15) is 0 Å². The molecule has 0 aliphatic carbocycles. The molecule has 12 heavy (non-hydrogen) atoms. The third kappa shape index (κ3) is 3.48. The van der Waals surface area contributed by atoms with Crippen molar-refractivity contribution in [1.29, 1.82) is 0 Å². The van der Waals surface area contributed by atoms with Gasteiger partial charge in [-0.05, 0) is 19.3 Å². The van der Waals surface area contributed by atoms with Gasteiger partial charge in [0.1, 0.15) is 6.23 Å². The Kier molecular flexibility index (Phi) is 4.51. The van der Waals surface area contributed by atoms with Crippen LogP contribution in [0.3, 0.4) is 0 Å². The number of rotatable bonds is 3. The van der Waals surface area contributed by atoms with Crippen molar-refractivity contribution in [2.75, 3.05) is 13.2 Å². The van der Waals surface area contributed by atoms with Crippen molar-refractivity contribution in [3.8, 4) is 0 Å². The monoisotopic (exact) mass is 190 g/mol. The van der Waals surface area contributed by atoms with Gasteiger partial charge in [0.25, 0.3) is 0 Å². The zero-order valence-corrected chi connectivity index (χ0v) is 8.16. The van der Waals surface area contributed by atoms with Crippen molar-refractivity contribution in [2.24, 2.45) is 0 Å². The molecule has 4 nitrogen and oxygen atoms in total. The van der Waals surface area contributed by atoms with E-state index in [0.717, 1.165) is 25.9 Å². The molecule has 5 heteroatoms. The maximum Gasteiger partial charge on any atom is 0.236 e. The molecule has 2 atom stereocenters. The molecule has 1 aliphatic heterocycles. The van der Waals surface area contributed by atoms with Crippen LogP contribution in [-0.2, 0) is 9.53 Å². The van der Waals surface area contributed by atoms with Crippen LogP contribution < -0.4 is 10.4 Å². The summed E-state index contributed by atoms with van der Waals surface area (Å²) < 4.78 is 5.33. The predicted molar refractivity (Wildman–Crippen MR) is 49.4 cm³/mol.